The molecule has 0 aromatic heterocycles. The monoisotopic (exact) mass is 319 g/mol. The molecule has 6 heteroatoms. The molecule has 1 aliphatic heterocycles. The van der Waals surface area contributed by atoms with E-state index in [-0.39, 0.29) is 11.7 Å². The third kappa shape index (κ3) is 4.48. The minimum atomic E-state index is -1.24. The van der Waals surface area contributed by atoms with Gasteiger partial charge in [0.05, 0.1) is 6.10 Å². The Morgan fingerprint density at radius 3 is 2.26 bits per heavy atom. The lowest BCUT2D eigenvalue weighted by Crippen LogP contribution is -2.42. The van der Waals surface area contributed by atoms with Crippen LogP contribution < -0.4 is 10.1 Å². The van der Waals surface area contributed by atoms with Crippen LogP contribution in [0.1, 0.15) is 34.1 Å². The Hall–Kier alpha value is -2.50. The third-order valence-corrected chi connectivity index (χ3v) is 3.27. The first-order valence-electron chi connectivity index (χ1n) is 7.51. The van der Waals surface area contributed by atoms with Crippen LogP contribution in [0, 0.1) is 0 Å². The fraction of sp³-hybridized carbons (Fsp3) is 0.412. The molecule has 1 aromatic rings. The van der Waals surface area contributed by atoms with E-state index in [1.807, 2.05) is 19.1 Å². The molecule has 6 nitrogen and oxygen atoms in total. The Kier molecular flexibility index (Phi) is 4.93. The second-order valence-electron chi connectivity index (χ2n) is 5.74. The van der Waals surface area contributed by atoms with E-state index in [9.17, 15) is 9.59 Å². The molecule has 1 heterocycles. The first-order valence-corrected chi connectivity index (χ1v) is 7.51. The zero-order chi connectivity index (χ0) is 17.0. The molecule has 1 unspecified atom stereocenters. The van der Waals surface area contributed by atoms with Crippen LogP contribution in [-0.4, -0.2) is 23.8 Å². The predicted octanol–water partition coefficient (Wildman–Crippen LogP) is 3.00. The highest BCUT2D eigenvalue weighted by Gasteiger charge is 2.38. The minimum absolute atomic E-state index is 0.145. The molecule has 1 N–H and O–H groups in total. The molecule has 23 heavy (non-hydrogen) atoms. The maximum absolute atomic E-state index is 11.8. The van der Waals surface area contributed by atoms with Gasteiger partial charge in [-0.1, -0.05) is 6.92 Å². The summed E-state index contributed by atoms with van der Waals surface area (Å²) in [6, 6.07) is 7.21. The summed E-state index contributed by atoms with van der Waals surface area (Å²) < 4.78 is 15.7. The zero-order valence-corrected chi connectivity index (χ0v) is 13.7. The van der Waals surface area contributed by atoms with Gasteiger partial charge in [-0.25, -0.2) is 9.59 Å². The van der Waals surface area contributed by atoms with Gasteiger partial charge in [0.15, 0.2) is 5.57 Å². The molecule has 124 valence electrons. The quantitative estimate of drug-likeness (QED) is 0.511. The lowest BCUT2D eigenvalue weighted by Gasteiger charge is -2.29. The minimum Gasteiger partial charge on any atom is -0.491 e. The second kappa shape index (κ2) is 6.73. The topological polar surface area (TPSA) is 73.9 Å². The number of carbonyl (C=O) groups excluding carboxylic acids is 2. The van der Waals surface area contributed by atoms with E-state index in [4.69, 9.17) is 14.2 Å². The molecule has 0 radical (unpaired) electrons. The lowest BCUT2D eigenvalue weighted by molar-refractivity contribution is -0.222. The number of hydrogen-bond donors (Lipinski definition) is 1. The number of carbonyl (C=O) groups is 2. The maximum Gasteiger partial charge on any atom is 0.350 e. The van der Waals surface area contributed by atoms with Crippen LogP contribution in [0.25, 0.3) is 0 Å². The molecule has 1 aliphatic rings. The van der Waals surface area contributed by atoms with Crippen molar-refractivity contribution in [1.29, 1.82) is 0 Å². The summed E-state index contributed by atoms with van der Waals surface area (Å²) in [6.07, 6.45) is 2.35. The van der Waals surface area contributed by atoms with E-state index < -0.39 is 17.7 Å². The average molecular weight is 319 g/mol. The van der Waals surface area contributed by atoms with Gasteiger partial charge in [-0.3, -0.25) is 0 Å². The predicted molar refractivity (Wildman–Crippen MR) is 84.8 cm³/mol. The second-order valence-corrected chi connectivity index (χ2v) is 5.74. The summed E-state index contributed by atoms with van der Waals surface area (Å²) in [5.74, 6) is -1.90. The van der Waals surface area contributed by atoms with Crippen molar-refractivity contribution in [2.24, 2.45) is 0 Å². The van der Waals surface area contributed by atoms with Crippen LogP contribution in [0.2, 0.25) is 0 Å². The van der Waals surface area contributed by atoms with Crippen molar-refractivity contribution < 1.29 is 23.8 Å². The van der Waals surface area contributed by atoms with Gasteiger partial charge in [0.1, 0.15) is 5.75 Å². The van der Waals surface area contributed by atoms with E-state index in [1.165, 1.54) is 20.0 Å². The highest BCUT2D eigenvalue weighted by molar-refractivity contribution is 6.15. The molecule has 1 atom stereocenters. The largest absolute Gasteiger partial charge is 0.491 e. The van der Waals surface area contributed by atoms with Gasteiger partial charge in [-0.05, 0) is 37.6 Å². The first kappa shape index (κ1) is 16.9. The number of rotatable bonds is 5. The van der Waals surface area contributed by atoms with Crippen LogP contribution in [0.3, 0.4) is 0 Å². The number of benzene rings is 1. The highest BCUT2D eigenvalue weighted by Crippen LogP contribution is 2.23. The number of ether oxygens (including phenoxy) is 3. The van der Waals surface area contributed by atoms with Crippen molar-refractivity contribution in [1.82, 2.24) is 0 Å². The Bertz CT molecular complexity index is 596. The van der Waals surface area contributed by atoms with Crippen molar-refractivity contribution in [2.75, 3.05) is 5.32 Å². The van der Waals surface area contributed by atoms with Crippen molar-refractivity contribution in [2.45, 2.75) is 46.0 Å². The fourth-order valence-corrected chi connectivity index (χ4v) is 1.88. The van der Waals surface area contributed by atoms with Gasteiger partial charge in [-0.15, -0.1) is 0 Å². The number of esters is 2. The van der Waals surface area contributed by atoms with Crippen LogP contribution in [0.5, 0.6) is 5.75 Å². The number of anilines is 1. The van der Waals surface area contributed by atoms with Crippen molar-refractivity contribution in [3.63, 3.8) is 0 Å². The molecule has 1 fully saturated rings. The summed E-state index contributed by atoms with van der Waals surface area (Å²) >= 11 is 0. The van der Waals surface area contributed by atoms with Gasteiger partial charge in [0.25, 0.3) is 5.79 Å². The van der Waals surface area contributed by atoms with E-state index in [1.54, 1.807) is 12.1 Å². The van der Waals surface area contributed by atoms with Gasteiger partial charge in [0, 0.05) is 25.7 Å². The average Bonchev–Trinajstić information content (AvgIpc) is 2.46. The molecular weight excluding hydrogens is 298 g/mol. The highest BCUT2D eigenvalue weighted by atomic mass is 16.7. The summed E-state index contributed by atoms with van der Waals surface area (Å²) in [5, 5.41) is 2.88. The van der Waals surface area contributed by atoms with Gasteiger partial charge in [-0.2, -0.15) is 0 Å². The fourth-order valence-electron chi connectivity index (χ4n) is 1.88. The van der Waals surface area contributed by atoms with Crippen LogP contribution >= 0.6 is 0 Å². The Balaban J connectivity index is 2.02. The van der Waals surface area contributed by atoms with E-state index in [0.717, 1.165) is 12.2 Å². The van der Waals surface area contributed by atoms with Crippen LogP contribution in [-0.2, 0) is 19.1 Å². The Morgan fingerprint density at radius 1 is 1.17 bits per heavy atom. The Morgan fingerprint density at radius 2 is 1.74 bits per heavy atom. The molecule has 0 spiro atoms. The zero-order valence-electron chi connectivity index (χ0n) is 13.7. The normalized spacial score (nSPS) is 17.8. The maximum atomic E-state index is 11.8. The molecule has 0 amide bonds. The number of hydrogen-bond acceptors (Lipinski definition) is 6. The first-order chi connectivity index (χ1) is 10.8. The molecule has 0 saturated carbocycles. The van der Waals surface area contributed by atoms with Gasteiger partial charge < -0.3 is 19.5 Å². The van der Waals surface area contributed by atoms with E-state index >= 15 is 0 Å². The molecular formula is C17H21NO5. The van der Waals surface area contributed by atoms with Gasteiger partial charge in [0.2, 0.25) is 0 Å². The van der Waals surface area contributed by atoms with Crippen LogP contribution in [0.15, 0.2) is 36.0 Å². The molecule has 1 aromatic carbocycles. The summed E-state index contributed by atoms with van der Waals surface area (Å²) in [5.41, 5.74) is 0.531. The van der Waals surface area contributed by atoms with Gasteiger partial charge >= 0.3 is 11.9 Å². The third-order valence-electron chi connectivity index (χ3n) is 3.27. The number of nitrogens with one attached hydrogen (secondary N) is 1. The Labute approximate surface area is 135 Å². The molecule has 2 rings (SSSR count). The molecule has 0 aliphatic carbocycles. The summed E-state index contributed by atoms with van der Waals surface area (Å²) in [6.45, 7) is 7.06. The lowest BCUT2D eigenvalue weighted by atomic mass is 10.2. The van der Waals surface area contributed by atoms with Crippen LogP contribution in [0.4, 0.5) is 5.69 Å². The van der Waals surface area contributed by atoms with Crippen molar-refractivity contribution in [3.8, 4) is 5.75 Å². The smallest absolute Gasteiger partial charge is 0.350 e. The van der Waals surface area contributed by atoms with E-state index in [0.29, 0.717) is 5.69 Å². The standard InChI is InChI=1S/C17H21NO5/c1-5-11(2)21-13-8-6-12(7-9-13)18-10-14-15(19)22-17(3,4)23-16(14)20/h6-11,18H,5H2,1-4H3. The van der Waals surface area contributed by atoms with E-state index in [2.05, 4.69) is 12.2 Å². The SMILES string of the molecule is CCC(C)Oc1ccc(NC=C2C(=O)OC(C)(C)OC2=O)cc1. The summed E-state index contributed by atoms with van der Waals surface area (Å²) in [7, 11) is 0. The molecule has 1 saturated heterocycles. The molecule has 0 bridgehead atoms. The van der Waals surface area contributed by atoms with Crippen molar-refractivity contribution >= 4 is 17.6 Å². The summed E-state index contributed by atoms with van der Waals surface area (Å²) in [4.78, 5) is 23.6. The number of cyclic esters (lactones) is 2. The van der Waals surface area contributed by atoms with Crippen molar-refractivity contribution in [3.05, 3.63) is 36.0 Å².